The van der Waals surface area contributed by atoms with Gasteiger partial charge < -0.3 is 14.8 Å². The van der Waals surface area contributed by atoms with Crippen LogP contribution < -0.4 is 14.8 Å². The summed E-state index contributed by atoms with van der Waals surface area (Å²) in [5.74, 6) is 1.17. The number of ether oxygens (including phenoxy) is 2. The van der Waals surface area contributed by atoms with Crippen LogP contribution in [0.4, 0.5) is 0 Å². The number of nitrogens with one attached hydrogen (secondary N) is 1. The summed E-state index contributed by atoms with van der Waals surface area (Å²) in [5.41, 5.74) is 1.39. The van der Waals surface area contributed by atoms with E-state index in [-0.39, 0.29) is 6.79 Å². The molecule has 0 spiro atoms. The van der Waals surface area contributed by atoms with Crippen molar-refractivity contribution < 1.29 is 14.3 Å². The highest BCUT2D eigenvalue weighted by molar-refractivity contribution is 6.32. The molecule has 1 N–H and O–H groups in total. The van der Waals surface area contributed by atoms with E-state index in [9.17, 15) is 4.79 Å². The van der Waals surface area contributed by atoms with Crippen molar-refractivity contribution in [1.82, 2.24) is 5.32 Å². The number of carbonyl (C=O) groups is 1. The van der Waals surface area contributed by atoms with Crippen molar-refractivity contribution in [1.29, 1.82) is 0 Å². The van der Waals surface area contributed by atoms with Crippen molar-refractivity contribution in [3.8, 4) is 11.5 Å². The number of aldehydes is 1. The van der Waals surface area contributed by atoms with Crippen LogP contribution in [0.1, 0.15) is 28.8 Å². The van der Waals surface area contributed by atoms with Gasteiger partial charge in [-0.3, -0.25) is 4.79 Å². The maximum absolute atomic E-state index is 11.0. The van der Waals surface area contributed by atoms with Crippen molar-refractivity contribution in [3.63, 3.8) is 0 Å². The van der Waals surface area contributed by atoms with Crippen LogP contribution in [0.3, 0.4) is 0 Å². The first-order chi connectivity index (χ1) is 8.79. The number of carbonyl (C=O) groups excluding carboxylic acids is 1. The van der Waals surface area contributed by atoms with Gasteiger partial charge in [-0.05, 0) is 31.9 Å². The van der Waals surface area contributed by atoms with Crippen LogP contribution >= 0.6 is 11.6 Å². The largest absolute Gasteiger partial charge is 0.453 e. The average molecular weight is 268 g/mol. The third kappa shape index (κ3) is 1.95. The van der Waals surface area contributed by atoms with E-state index in [2.05, 4.69) is 5.32 Å². The van der Waals surface area contributed by atoms with Crippen LogP contribution in [0.25, 0.3) is 0 Å². The molecule has 0 aromatic heterocycles. The highest BCUT2D eigenvalue weighted by Gasteiger charge is 2.27. The topological polar surface area (TPSA) is 47.6 Å². The van der Waals surface area contributed by atoms with E-state index < -0.39 is 0 Å². The molecule has 1 aromatic carbocycles. The van der Waals surface area contributed by atoms with Crippen molar-refractivity contribution in [2.24, 2.45) is 0 Å². The van der Waals surface area contributed by atoms with Gasteiger partial charge in [-0.15, -0.1) is 0 Å². The summed E-state index contributed by atoms with van der Waals surface area (Å²) >= 11 is 6.25. The fourth-order valence-corrected chi connectivity index (χ4v) is 2.85. The average Bonchev–Trinajstić information content (AvgIpc) is 3.02. The summed E-state index contributed by atoms with van der Waals surface area (Å²) in [4.78, 5) is 11.0. The molecule has 96 valence electrons. The number of fused-ring (bicyclic) bond motifs is 1. The van der Waals surface area contributed by atoms with Gasteiger partial charge in [0.1, 0.15) is 0 Å². The van der Waals surface area contributed by atoms with Gasteiger partial charge in [0, 0.05) is 16.6 Å². The molecule has 18 heavy (non-hydrogen) atoms. The summed E-state index contributed by atoms with van der Waals surface area (Å²) in [6, 6.07) is 2.09. The Labute approximate surface area is 110 Å². The first kappa shape index (κ1) is 11.8. The normalized spacial score (nSPS) is 21.3. The van der Waals surface area contributed by atoms with Gasteiger partial charge in [-0.2, -0.15) is 0 Å². The van der Waals surface area contributed by atoms with Gasteiger partial charge in [-0.25, -0.2) is 0 Å². The zero-order valence-electron chi connectivity index (χ0n) is 9.87. The Morgan fingerprint density at radius 3 is 3.00 bits per heavy atom. The molecular formula is C13H14ClNO3. The van der Waals surface area contributed by atoms with E-state index in [1.807, 2.05) is 0 Å². The Morgan fingerprint density at radius 1 is 1.44 bits per heavy atom. The minimum atomic E-state index is 0.154. The number of rotatable bonds is 3. The number of halogens is 1. The fourth-order valence-electron chi connectivity index (χ4n) is 2.57. The third-order valence-electron chi connectivity index (χ3n) is 3.46. The van der Waals surface area contributed by atoms with Crippen LogP contribution in [0.15, 0.2) is 6.07 Å². The van der Waals surface area contributed by atoms with Crippen LogP contribution in [0, 0.1) is 0 Å². The van der Waals surface area contributed by atoms with Gasteiger partial charge in [-0.1, -0.05) is 11.6 Å². The van der Waals surface area contributed by atoms with Crippen molar-refractivity contribution >= 4 is 17.9 Å². The fraction of sp³-hybridized carbons (Fsp3) is 0.462. The monoisotopic (exact) mass is 267 g/mol. The molecule has 1 fully saturated rings. The molecule has 1 unspecified atom stereocenters. The van der Waals surface area contributed by atoms with Crippen LogP contribution in [-0.4, -0.2) is 25.7 Å². The van der Waals surface area contributed by atoms with Crippen molar-refractivity contribution in [2.75, 3.05) is 13.3 Å². The lowest BCUT2D eigenvalue weighted by molar-refractivity contribution is 0.111. The lowest BCUT2D eigenvalue weighted by Gasteiger charge is -2.14. The third-order valence-corrected chi connectivity index (χ3v) is 3.80. The first-order valence-electron chi connectivity index (χ1n) is 6.09. The predicted molar refractivity (Wildman–Crippen MR) is 67.7 cm³/mol. The molecule has 1 saturated heterocycles. The summed E-state index contributed by atoms with van der Waals surface area (Å²) in [7, 11) is 0. The standard InChI is InChI=1S/C13H14ClNO3/c14-11-4-8(6-16)12-13(18-7-17-12)10(11)5-9-2-1-3-15-9/h4,6,9,15H,1-3,5,7H2. The van der Waals surface area contributed by atoms with Crippen molar-refractivity contribution in [2.45, 2.75) is 25.3 Å². The summed E-state index contributed by atoms with van der Waals surface area (Å²) in [5, 5.41) is 4.01. The Hall–Kier alpha value is -1.26. The summed E-state index contributed by atoms with van der Waals surface area (Å²) < 4.78 is 10.8. The minimum absolute atomic E-state index is 0.154. The summed E-state index contributed by atoms with van der Waals surface area (Å²) in [6.45, 7) is 1.20. The minimum Gasteiger partial charge on any atom is -0.453 e. The lowest BCUT2D eigenvalue weighted by atomic mass is 10.0. The highest BCUT2D eigenvalue weighted by Crippen LogP contribution is 2.42. The van der Waals surface area contributed by atoms with Crippen LogP contribution in [-0.2, 0) is 6.42 Å². The van der Waals surface area contributed by atoms with E-state index in [0.717, 1.165) is 31.2 Å². The van der Waals surface area contributed by atoms with Crippen LogP contribution in [0.5, 0.6) is 11.5 Å². The van der Waals surface area contributed by atoms with Gasteiger partial charge in [0.05, 0.1) is 5.56 Å². The molecule has 2 heterocycles. The van der Waals surface area contributed by atoms with E-state index >= 15 is 0 Å². The molecule has 0 amide bonds. The molecule has 4 nitrogen and oxygen atoms in total. The molecule has 3 rings (SSSR count). The second kappa shape index (κ2) is 4.78. The molecule has 0 saturated carbocycles. The number of benzene rings is 1. The molecule has 0 bridgehead atoms. The SMILES string of the molecule is O=Cc1cc(Cl)c(CC2CCCN2)c2c1OCO2. The Bertz CT molecular complexity index is 484. The molecule has 2 aliphatic heterocycles. The Balaban J connectivity index is 1.98. The summed E-state index contributed by atoms with van der Waals surface area (Å²) in [6.07, 6.45) is 3.89. The number of hydrogen-bond donors (Lipinski definition) is 1. The van der Waals surface area contributed by atoms with Gasteiger partial charge in [0.2, 0.25) is 6.79 Å². The van der Waals surface area contributed by atoms with E-state index in [0.29, 0.717) is 28.1 Å². The number of hydrogen-bond acceptors (Lipinski definition) is 4. The predicted octanol–water partition coefficient (Wildman–Crippen LogP) is 2.18. The Morgan fingerprint density at radius 2 is 2.28 bits per heavy atom. The maximum Gasteiger partial charge on any atom is 0.231 e. The van der Waals surface area contributed by atoms with Gasteiger partial charge >= 0.3 is 0 Å². The molecule has 2 aliphatic rings. The quantitative estimate of drug-likeness (QED) is 0.853. The first-order valence-corrected chi connectivity index (χ1v) is 6.47. The van der Waals surface area contributed by atoms with E-state index in [1.54, 1.807) is 6.07 Å². The smallest absolute Gasteiger partial charge is 0.231 e. The molecule has 0 radical (unpaired) electrons. The van der Waals surface area contributed by atoms with Crippen molar-refractivity contribution in [3.05, 3.63) is 22.2 Å². The van der Waals surface area contributed by atoms with Gasteiger partial charge in [0.25, 0.3) is 0 Å². The lowest BCUT2D eigenvalue weighted by Crippen LogP contribution is -2.24. The molecule has 1 atom stereocenters. The molecule has 1 aromatic rings. The van der Waals surface area contributed by atoms with E-state index in [1.165, 1.54) is 6.42 Å². The van der Waals surface area contributed by atoms with Crippen LogP contribution in [0.2, 0.25) is 5.02 Å². The van der Waals surface area contributed by atoms with Gasteiger partial charge in [0.15, 0.2) is 17.8 Å². The second-order valence-electron chi connectivity index (χ2n) is 4.61. The van der Waals surface area contributed by atoms with E-state index in [4.69, 9.17) is 21.1 Å². The zero-order valence-corrected chi connectivity index (χ0v) is 10.6. The maximum atomic E-state index is 11.0. The zero-order chi connectivity index (χ0) is 12.5. The highest BCUT2D eigenvalue weighted by atomic mass is 35.5. The molecular weight excluding hydrogens is 254 g/mol. The second-order valence-corrected chi connectivity index (χ2v) is 5.01. The molecule has 5 heteroatoms. The Kier molecular flexibility index (Phi) is 3.14. The molecule has 0 aliphatic carbocycles.